The Balaban J connectivity index is 1.74. The van der Waals surface area contributed by atoms with E-state index >= 15 is 0 Å². The minimum Gasteiger partial charge on any atom is -0.481 e. The largest absolute Gasteiger partial charge is 0.481 e. The maximum atomic E-state index is 12.6. The molecule has 2 atom stereocenters. The molecule has 0 spiro atoms. The van der Waals surface area contributed by atoms with Crippen LogP contribution in [-0.4, -0.2) is 53.1 Å². The number of carbonyl (C=O) groups is 2. The zero-order valence-electron chi connectivity index (χ0n) is 20.1. The van der Waals surface area contributed by atoms with E-state index in [1.165, 1.54) is 7.11 Å². The molecule has 2 aromatic carbocycles. The molecular formula is C27H31N3O5. The standard InChI is InChI=1S/C27H31N3O5/c1-17-8-9-20-22(29(17)27(33)34-2)10-11-23-25(20)28-26(30(23)19-12-14-35-15-13-19)21(16-24(31)32)18-6-4-3-5-7-18/h3-7,10-11,17,19,21H,8-9,12-16H2,1-2H3,(H,31,32)/t17-,21?/m0/s1. The zero-order chi connectivity index (χ0) is 24.5. The number of amides is 1. The number of ether oxygens (including phenoxy) is 2. The van der Waals surface area contributed by atoms with Crippen molar-refractivity contribution < 1.29 is 24.2 Å². The Labute approximate surface area is 204 Å². The zero-order valence-corrected chi connectivity index (χ0v) is 20.1. The first-order valence-electron chi connectivity index (χ1n) is 12.2. The number of hydrogen-bond acceptors (Lipinski definition) is 5. The maximum Gasteiger partial charge on any atom is 0.414 e. The molecule has 8 nitrogen and oxygen atoms in total. The van der Waals surface area contributed by atoms with E-state index in [9.17, 15) is 14.7 Å². The van der Waals surface area contributed by atoms with Crippen molar-refractivity contribution in [3.8, 4) is 0 Å². The minimum absolute atomic E-state index is 0.0218. The number of carboxylic acids is 1. The molecule has 0 bridgehead atoms. The Morgan fingerprint density at radius 3 is 2.57 bits per heavy atom. The number of methoxy groups -OCH3 is 1. The molecule has 1 unspecified atom stereocenters. The summed E-state index contributed by atoms with van der Waals surface area (Å²) in [4.78, 5) is 31.4. The topological polar surface area (TPSA) is 93.9 Å². The van der Waals surface area contributed by atoms with Crippen LogP contribution in [0, 0.1) is 0 Å². The van der Waals surface area contributed by atoms with Gasteiger partial charge < -0.3 is 19.1 Å². The highest BCUT2D eigenvalue weighted by Gasteiger charge is 2.34. The summed E-state index contributed by atoms with van der Waals surface area (Å²) in [6.07, 6.45) is 2.85. The molecule has 35 heavy (non-hydrogen) atoms. The normalized spacial score (nSPS) is 19.4. The molecule has 0 radical (unpaired) electrons. The summed E-state index contributed by atoms with van der Waals surface area (Å²) in [5.74, 6) is -0.492. The molecule has 3 aromatic rings. The summed E-state index contributed by atoms with van der Waals surface area (Å²) in [6.45, 7) is 3.35. The average Bonchev–Trinajstić information content (AvgIpc) is 3.27. The van der Waals surface area contributed by atoms with Gasteiger partial charge in [0, 0.05) is 30.9 Å². The van der Waals surface area contributed by atoms with Crippen LogP contribution in [0.2, 0.25) is 0 Å². The van der Waals surface area contributed by atoms with Crippen molar-refractivity contribution >= 4 is 28.8 Å². The highest BCUT2D eigenvalue weighted by molar-refractivity contribution is 5.95. The molecule has 3 heterocycles. The van der Waals surface area contributed by atoms with E-state index < -0.39 is 5.97 Å². The molecule has 184 valence electrons. The first-order chi connectivity index (χ1) is 17.0. The number of nitrogens with zero attached hydrogens (tertiary/aromatic N) is 3. The van der Waals surface area contributed by atoms with Gasteiger partial charge in [0.05, 0.1) is 36.2 Å². The van der Waals surface area contributed by atoms with Crippen LogP contribution in [-0.2, 0) is 20.7 Å². The van der Waals surface area contributed by atoms with Crippen LogP contribution in [0.4, 0.5) is 10.5 Å². The van der Waals surface area contributed by atoms with Gasteiger partial charge >= 0.3 is 12.1 Å². The Morgan fingerprint density at radius 2 is 1.89 bits per heavy atom. The van der Waals surface area contributed by atoms with Crippen molar-refractivity contribution in [2.45, 2.75) is 57.0 Å². The summed E-state index contributed by atoms with van der Waals surface area (Å²) in [5.41, 5.74) is 4.59. The quantitative estimate of drug-likeness (QED) is 0.562. The van der Waals surface area contributed by atoms with Crippen molar-refractivity contribution in [2.75, 3.05) is 25.2 Å². The van der Waals surface area contributed by atoms with Crippen LogP contribution in [0.1, 0.15) is 61.5 Å². The molecule has 8 heteroatoms. The van der Waals surface area contributed by atoms with E-state index in [0.717, 1.165) is 59.4 Å². The van der Waals surface area contributed by atoms with Gasteiger partial charge in [0.1, 0.15) is 5.82 Å². The van der Waals surface area contributed by atoms with Gasteiger partial charge in [-0.05, 0) is 50.3 Å². The van der Waals surface area contributed by atoms with E-state index in [0.29, 0.717) is 13.2 Å². The fourth-order valence-corrected chi connectivity index (χ4v) is 5.58. The van der Waals surface area contributed by atoms with Crippen molar-refractivity contribution in [2.24, 2.45) is 0 Å². The highest BCUT2D eigenvalue weighted by Crippen LogP contribution is 2.41. The Morgan fingerprint density at radius 1 is 1.14 bits per heavy atom. The monoisotopic (exact) mass is 477 g/mol. The molecule has 1 saturated heterocycles. The van der Waals surface area contributed by atoms with Gasteiger partial charge in [-0.1, -0.05) is 30.3 Å². The van der Waals surface area contributed by atoms with Crippen molar-refractivity contribution in [3.63, 3.8) is 0 Å². The van der Waals surface area contributed by atoms with Crippen LogP contribution >= 0.6 is 0 Å². The number of aromatic nitrogens is 2. The third kappa shape index (κ3) is 4.27. The van der Waals surface area contributed by atoms with E-state index in [1.54, 1.807) is 4.90 Å². The molecule has 2 aliphatic heterocycles. The van der Waals surface area contributed by atoms with Gasteiger partial charge in [-0.2, -0.15) is 0 Å². The lowest BCUT2D eigenvalue weighted by molar-refractivity contribution is -0.137. The number of carbonyl (C=O) groups excluding carboxylic acids is 1. The number of imidazole rings is 1. The Hall–Kier alpha value is -3.39. The van der Waals surface area contributed by atoms with Gasteiger partial charge in [0.15, 0.2) is 0 Å². The fourth-order valence-electron chi connectivity index (χ4n) is 5.58. The predicted octanol–water partition coefficient (Wildman–Crippen LogP) is 4.90. The lowest BCUT2D eigenvalue weighted by Crippen LogP contribution is -2.42. The molecule has 0 saturated carbocycles. The predicted molar refractivity (Wildman–Crippen MR) is 132 cm³/mol. The summed E-state index contributed by atoms with van der Waals surface area (Å²) >= 11 is 0. The number of anilines is 1. The van der Waals surface area contributed by atoms with Crippen LogP contribution in [0.3, 0.4) is 0 Å². The maximum absolute atomic E-state index is 12.6. The van der Waals surface area contributed by atoms with Crippen molar-refractivity contribution in [1.82, 2.24) is 9.55 Å². The molecule has 1 N–H and O–H groups in total. The third-order valence-corrected chi connectivity index (χ3v) is 7.30. The molecule has 1 aromatic heterocycles. The second-order valence-electron chi connectivity index (χ2n) is 9.40. The lowest BCUT2D eigenvalue weighted by atomic mass is 9.94. The van der Waals surface area contributed by atoms with E-state index in [1.807, 2.05) is 49.4 Å². The molecule has 2 aliphatic rings. The molecule has 1 fully saturated rings. The Kier molecular flexibility index (Phi) is 6.47. The second-order valence-corrected chi connectivity index (χ2v) is 9.40. The molecular weight excluding hydrogens is 446 g/mol. The fraction of sp³-hybridized carbons (Fsp3) is 0.444. The number of aliphatic carboxylic acids is 1. The van der Waals surface area contributed by atoms with Crippen LogP contribution in [0.15, 0.2) is 42.5 Å². The summed E-state index contributed by atoms with van der Waals surface area (Å²) in [7, 11) is 1.40. The van der Waals surface area contributed by atoms with Gasteiger partial charge in [-0.3, -0.25) is 9.69 Å². The van der Waals surface area contributed by atoms with Crippen molar-refractivity contribution in [1.29, 1.82) is 0 Å². The highest BCUT2D eigenvalue weighted by atomic mass is 16.5. The number of rotatable bonds is 5. The SMILES string of the molecule is COC(=O)N1c2ccc3c(nc(C(CC(=O)O)c4ccccc4)n3C3CCOCC3)c2CC[C@@H]1C. The second kappa shape index (κ2) is 9.70. The number of benzene rings is 2. The summed E-state index contributed by atoms with van der Waals surface area (Å²) in [5, 5.41) is 9.81. The average molecular weight is 478 g/mol. The van der Waals surface area contributed by atoms with E-state index in [-0.39, 0.29) is 30.5 Å². The number of fused-ring (bicyclic) bond motifs is 3. The van der Waals surface area contributed by atoms with Gasteiger partial charge in [0.2, 0.25) is 0 Å². The number of hydrogen-bond donors (Lipinski definition) is 1. The summed E-state index contributed by atoms with van der Waals surface area (Å²) in [6, 6.07) is 13.9. The first kappa shape index (κ1) is 23.4. The van der Waals surface area contributed by atoms with Gasteiger partial charge in [-0.15, -0.1) is 0 Å². The van der Waals surface area contributed by atoms with Gasteiger partial charge in [-0.25, -0.2) is 9.78 Å². The number of aryl methyl sites for hydroxylation is 1. The smallest absolute Gasteiger partial charge is 0.414 e. The van der Waals surface area contributed by atoms with E-state index in [4.69, 9.17) is 14.5 Å². The van der Waals surface area contributed by atoms with Gasteiger partial charge in [0.25, 0.3) is 0 Å². The molecule has 1 amide bonds. The Bertz CT molecular complexity index is 1230. The van der Waals surface area contributed by atoms with Crippen LogP contribution in [0.25, 0.3) is 11.0 Å². The number of carboxylic acid groups (broad SMARTS) is 1. The lowest BCUT2D eigenvalue weighted by Gasteiger charge is -2.34. The van der Waals surface area contributed by atoms with Crippen LogP contribution < -0.4 is 4.90 Å². The summed E-state index contributed by atoms with van der Waals surface area (Å²) < 4.78 is 13.0. The third-order valence-electron chi connectivity index (χ3n) is 7.30. The minimum atomic E-state index is -0.864. The van der Waals surface area contributed by atoms with E-state index in [2.05, 4.69) is 4.57 Å². The van der Waals surface area contributed by atoms with Crippen LogP contribution in [0.5, 0.6) is 0 Å². The molecule has 0 aliphatic carbocycles. The van der Waals surface area contributed by atoms with Crippen molar-refractivity contribution in [3.05, 3.63) is 59.4 Å². The first-order valence-corrected chi connectivity index (χ1v) is 12.2. The molecule has 5 rings (SSSR count).